The van der Waals surface area contributed by atoms with Crippen LogP contribution >= 0.6 is 0 Å². The van der Waals surface area contributed by atoms with E-state index in [0.717, 1.165) is 6.42 Å². The van der Waals surface area contributed by atoms with Crippen molar-refractivity contribution in [1.82, 2.24) is 0 Å². The molecule has 0 spiro atoms. The fourth-order valence-corrected chi connectivity index (χ4v) is 3.31. The number of esters is 1. The standard InChI is InChI=1S/C24H40O2/c1-3-4-5-6-7-8-9-10-11-12-14-17-22(2)20-21-26-24(25)23-18-15-13-16-19-23/h13,15-16,18-19,22H,3-12,14,17,20-21H2,1-2H3. The van der Waals surface area contributed by atoms with Crippen molar-refractivity contribution in [2.75, 3.05) is 6.61 Å². The lowest BCUT2D eigenvalue weighted by Gasteiger charge is -2.11. The summed E-state index contributed by atoms with van der Waals surface area (Å²) in [5, 5.41) is 0. The van der Waals surface area contributed by atoms with Crippen LogP contribution in [-0.4, -0.2) is 12.6 Å². The predicted molar refractivity (Wildman–Crippen MR) is 112 cm³/mol. The molecule has 148 valence electrons. The molecule has 1 rings (SSSR count). The zero-order chi connectivity index (χ0) is 18.9. The average Bonchev–Trinajstić information content (AvgIpc) is 2.66. The van der Waals surface area contributed by atoms with Crippen molar-refractivity contribution < 1.29 is 9.53 Å². The van der Waals surface area contributed by atoms with Crippen LogP contribution < -0.4 is 0 Å². The second-order valence-corrected chi connectivity index (χ2v) is 7.72. The largest absolute Gasteiger partial charge is 0.462 e. The predicted octanol–water partition coefficient (Wildman–Crippen LogP) is 7.57. The Morgan fingerprint density at radius 3 is 1.92 bits per heavy atom. The summed E-state index contributed by atoms with van der Waals surface area (Å²) in [6, 6.07) is 9.25. The molecule has 0 aliphatic rings. The fraction of sp³-hybridized carbons (Fsp3) is 0.708. The van der Waals surface area contributed by atoms with Crippen LogP contribution in [-0.2, 0) is 4.74 Å². The van der Waals surface area contributed by atoms with Crippen LogP contribution in [0.3, 0.4) is 0 Å². The minimum atomic E-state index is -0.201. The Labute approximate surface area is 161 Å². The van der Waals surface area contributed by atoms with Gasteiger partial charge in [-0.3, -0.25) is 0 Å². The smallest absolute Gasteiger partial charge is 0.338 e. The van der Waals surface area contributed by atoms with Gasteiger partial charge in [0, 0.05) is 0 Å². The third-order valence-corrected chi connectivity index (χ3v) is 5.15. The lowest BCUT2D eigenvalue weighted by atomic mass is 9.99. The van der Waals surface area contributed by atoms with Crippen LogP contribution in [0.2, 0.25) is 0 Å². The van der Waals surface area contributed by atoms with Crippen molar-refractivity contribution in [1.29, 1.82) is 0 Å². The van der Waals surface area contributed by atoms with Crippen LogP contribution in [0.25, 0.3) is 0 Å². The number of hydrogen-bond donors (Lipinski definition) is 0. The van der Waals surface area contributed by atoms with Gasteiger partial charge in [-0.05, 0) is 24.5 Å². The van der Waals surface area contributed by atoms with Gasteiger partial charge in [0.25, 0.3) is 0 Å². The summed E-state index contributed by atoms with van der Waals surface area (Å²) in [7, 11) is 0. The highest BCUT2D eigenvalue weighted by molar-refractivity contribution is 5.89. The van der Waals surface area contributed by atoms with Crippen molar-refractivity contribution in [2.45, 2.75) is 97.3 Å². The second-order valence-electron chi connectivity index (χ2n) is 7.72. The van der Waals surface area contributed by atoms with Crippen molar-refractivity contribution in [3.05, 3.63) is 35.9 Å². The van der Waals surface area contributed by atoms with Gasteiger partial charge in [0.15, 0.2) is 0 Å². The molecule has 0 radical (unpaired) electrons. The van der Waals surface area contributed by atoms with Gasteiger partial charge < -0.3 is 4.74 Å². The normalized spacial score (nSPS) is 12.1. The molecular formula is C24H40O2. The van der Waals surface area contributed by atoms with E-state index in [1.54, 1.807) is 12.1 Å². The van der Waals surface area contributed by atoms with E-state index in [1.165, 1.54) is 77.0 Å². The molecule has 1 atom stereocenters. The molecular weight excluding hydrogens is 320 g/mol. The lowest BCUT2D eigenvalue weighted by molar-refractivity contribution is 0.0483. The molecule has 1 aromatic rings. The number of hydrogen-bond acceptors (Lipinski definition) is 2. The highest BCUT2D eigenvalue weighted by Gasteiger charge is 2.07. The fourth-order valence-electron chi connectivity index (χ4n) is 3.31. The molecule has 0 saturated heterocycles. The SMILES string of the molecule is CCCCCCCCCCCCCC(C)CCOC(=O)c1ccccc1. The van der Waals surface area contributed by atoms with Gasteiger partial charge in [0.1, 0.15) is 0 Å². The van der Waals surface area contributed by atoms with Crippen LogP contribution in [0.1, 0.15) is 108 Å². The first-order valence-corrected chi connectivity index (χ1v) is 11.0. The molecule has 0 aliphatic heterocycles. The summed E-state index contributed by atoms with van der Waals surface area (Å²) in [4.78, 5) is 11.9. The molecule has 2 heteroatoms. The Morgan fingerprint density at radius 2 is 1.35 bits per heavy atom. The van der Waals surface area contributed by atoms with Crippen LogP contribution in [0.15, 0.2) is 30.3 Å². The number of unbranched alkanes of at least 4 members (excludes halogenated alkanes) is 10. The summed E-state index contributed by atoms with van der Waals surface area (Å²) in [5.41, 5.74) is 0.644. The van der Waals surface area contributed by atoms with E-state index in [9.17, 15) is 4.79 Å². The summed E-state index contributed by atoms with van der Waals surface area (Å²) in [6.07, 6.45) is 17.5. The van der Waals surface area contributed by atoms with Crippen molar-refractivity contribution in [2.24, 2.45) is 5.92 Å². The molecule has 0 fully saturated rings. The van der Waals surface area contributed by atoms with Gasteiger partial charge in [-0.1, -0.05) is 109 Å². The zero-order valence-corrected chi connectivity index (χ0v) is 17.2. The number of carbonyl (C=O) groups excluding carboxylic acids is 1. The molecule has 1 unspecified atom stereocenters. The topological polar surface area (TPSA) is 26.3 Å². The maximum atomic E-state index is 11.9. The van der Waals surface area contributed by atoms with Gasteiger partial charge in [0.2, 0.25) is 0 Å². The zero-order valence-electron chi connectivity index (χ0n) is 17.2. The summed E-state index contributed by atoms with van der Waals surface area (Å²) < 4.78 is 5.37. The monoisotopic (exact) mass is 360 g/mol. The van der Waals surface area contributed by atoms with Gasteiger partial charge in [0.05, 0.1) is 12.2 Å². The second kappa shape index (κ2) is 15.9. The maximum Gasteiger partial charge on any atom is 0.338 e. The Morgan fingerprint density at radius 1 is 0.808 bits per heavy atom. The molecule has 2 nitrogen and oxygen atoms in total. The summed E-state index contributed by atoms with van der Waals surface area (Å²) in [5.74, 6) is 0.435. The van der Waals surface area contributed by atoms with Gasteiger partial charge in [-0.2, -0.15) is 0 Å². The molecule has 1 aromatic carbocycles. The molecule has 0 amide bonds. The van der Waals surface area contributed by atoms with Crippen molar-refractivity contribution in [3.63, 3.8) is 0 Å². The summed E-state index contributed by atoms with van der Waals surface area (Å²) >= 11 is 0. The first-order valence-electron chi connectivity index (χ1n) is 11.0. The van der Waals surface area contributed by atoms with Crippen molar-refractivity contribution in [3.8, 4) is 0 Å². The first-order chi connectivity index (χ1) is 12.7. The molecule has 0 heterocycles. The molecule has 0 N–H and O–H groups in total. The van der Waals surface area contributed by atoms with E-state index in [2.05, 4.69) is 13.8 Å². The van der Waals surface area contributed by atoms with E-state index in [-0.39, 0.29) is 5.97 Å². The summed E-state index contributed by atoms with van der Waals surface area (Å²) in [6.45, 7) is 5.08. The van der Waals surface area contributed by atoms with E-state index in [1.807, 2.05) is 18.2 Å². The van der Waals surface area contributed by atoms with Gasteiger partial charge in [-0.15, -0.1) is 0 Å². The Bertz CT molecular complexity index is 441. The lowest BCUT2D eigenvalue weighted by Crippen LogP contribution is -2.09. The van der Waals surface area contributed by atoms with Crippen LogP contribution in [0, 0.1) is 5.92 Å². The molecule has 0 saturated carbocycles. The van der Waals surface area contributed by atoms with E-state index in [0.29, 0.717) is 18.1 Å². The third-order valence-electron chi connectivity index (χ3n) is 5.15. The van der Waals surface area contributed by atoms with Crippen LogP contribution in [0.4, 0.5) is 0 Å². The number of benzene rings is 1. The minimum Gasteiger partial charge on any atom is -0.462 e. The number of ether oxygens (including phenoxy) is 1. The molecule has 26 heavy (non-hydrogen) atoms. The van der Waals surface area contributed by atoms with E-state index >= 15 is 0 Å². The molecule has 0 aromatic heterocycles. The third kappa shape index (κ3) is 12.1. The Balaban J connectivity index is 1.88. The quantitative estimate of drug-likeness (QED) is 0.224. The Hall–Kier alpha value is -1.31. The average molecular weight is 361 g/mol. The van der Waals surface area contributed by atoms with E-state index in [4.69, 9.17) is 4.74 Å². The number of rotatable bonds is 16. The molecule has 0 bridgehead atoms. The highest BCUT2D eigenvalue weighted by atomic mass is 16.5. The van der Waals surface area contributed by atoms with E-state index < -0.39 is 0 Å². The highest BCUT2D eigenvalue weighted by Crippen LogP contribution is 2.16. The first kappa shape index (κ1) is 22.7. The van der Waals surface area contributed by atoms with Gasteiger partial charge in [-0.25, -0.2) is 4.79 Å². The van der Waals surface area contributed by atoms with Gasteiger partial charge >= 0.3 is 5.97 Å². The van der Waals surface area contributed by atoms with Crippen molar-refractivity contribution >= 4 is 5.97 Å². The maximum absolute atomic E-state index is 11.9. The minimum absolute atomic E-state index is 0.201. The Kier molecular flexibility index (Phi) is 13.9. The van der Waals surface area contributed by atoms with Crippen LogP contribution in [0.5, 0.6) is 0 Å². The molecule has 0 aliphatic carbocycles. The number of carbonyl (C=O) groups is 1.